The molecule has 138 valence electrons. The summed E-state index contributed by atoms with van der Waals surface area (Å²) in [5.74, 6) is -0.441. The Morgan fingerprint density at radius 1 is 1.16 bits per heavy atom. The molecule has 0 unspecified atom stereocenters. The molecular weight excluding hydrogens is 341 g/mol. The normalized spacial score (nSPS) is 14.4. The predicted molar refractivity (Wildman–Crippen MR) is 83.3 cm³/mol. The highest BCUT2D eigenvalue weighted by atomic mass is 19.4. The Balaban J connectivity index is 1.77. The van der Waals surface area contributed by atoms with E-state index in [9.17, 15) is 22.8 Å². The Morgan fingerprint density at radius 2 is 1.88 bits per heavy atom. The molecule has 25 heavy (non-hydrogen) atoms. The van der Waals surface area contributed by atoms with Gasteiger partial charge in [0.25, 0.3) is 5.91 Å². The molecule has 9 heteroatoms. The van der Waals surface area contributed by atoms with Gasteiger partial charge in [0.2, 0.25) is 5.91 Å². The number of amides is 2. The number of rotatable bonds is 7. The number of benzene rings is 1. The first-order valence-electron chi connectivity index (χ1n) is 7.78. The number of carbonyl (C=O) groups is 2. The largest absolute Gasteiger partial charge is 0.484 e. The first-order chi connectivity index (χ1) is 11.8. The number of nitrogens with zero attached hydrogens (tertiary/aromatic N) is 1. The lowest BCUT2D eigenvalue weighted by Gasteiger charge is -2.15. The fraction of sp³-hybridized carbons (Fsp3) is 0.500. The minimum atomic E-state index is -4.48. The van der Waals surface area contributed by atoms with Crippen LogP contribution < -0.4 is 10.1 Å². The summed E-state index contributed by atoms with van der Waals surface area (Å²) in [6, 6.07) is 6.25. The van der Waals surface area contributed by atoms with Gasteiger partial charge in [-0.1, -0.05) is 6.07 Å². The third-order valence-electron chi connectivity index (χ3n) is 3.44. The molecule has 0 spiro atoms. The Bertz CT molecular complexity index is 601. The second-order valence-electron chi connectivity index (χ2n) is 5.56. The molecule has 0 bridgehead atoms. The minimum Gasteiger partial charge on any atom is -0.484 e. The van der Waals surface area contributed by atoms with Gasteiger partial charge in [0.1, 0.15) is 19.0 Å². The van der Waals surface area contributed by atoms with Crippen molar-refractivity contribution in [2.24, 2.45) is 0 Å². The van der Waals surface area contributed by atoms with Crippen molar-refractivity contribution in [2.45, 2.75) is 19.0 Å². The van der Waals surface area contributed by atoms with Gasteiger partial charge in [0, 0.05) is 24.8 Å². The topological polar surface area (TPSA) is 67.9 Å². The van der Waals surface area contributed by atoms with Crippen molar-refractivity contribution < 1.29 is 32.2 Å². The molecule has 1 aromatic carbocycles. The van der Waals surface area contributed by atoms with E-state index in [2.05, 4.69) is 10.1 Å². The number of ether oxygens (including phenoxy) is 2. The van der Waals surface area contributed by atoms with Crippen molar-refractivity contribution in [3.8, 4) is 5.75 Å². The summed E-state index contributed by atoms with van der Waals surface area (Å²) in [6.07, 6.45) is -2.50. The van der Waals surface area contributed by atoms with Crippen LogP contribution in [0.1, 0.15) is 12.8 Å². The van der Waals surface area contributed by atoms with Gasteiger partial charge in [0.15, 0.2) is 6.61 Å². The number of alkyl halides is 3. The van der Waals surface area contributed by atoms with Gasteiger partial charge in [-0.25, -0.2) is 0 Å². The second-order valence-corrected chi connectivity index (χ2v) is 5.56. The maximum Gasteiger partial charge on any atom is 0.411 e. The minimum absolute atomic E-state index is 0.104. The average molecular weight is 360 g/mol. The molecule has 6 nitrogen and oxygen atoms in total. The number of hydrogen-bond acceptors (Lipinski definition) is 4. The Morgan fingerprint density at radius 3 is 2.56 bits per heavy atom. The van der Waals surface area contributed by atoms with Gasteiger partial charge >= 0.3 is 6.18 Å². The van der Waals surface area contributed by atoms with Crippen LogP contribution in [0.15, 0.2) is 24.3 Å². The third kappa shape index (κ3) is 7.00. The highest BCUT2D eigenvalue weighted by Crippen LogP contribution is 2.18. The zero-order chi connectivity index (χ0) is 18.3. The molecule has 1 heterocycles. The number of anilines is 1. The van der Waals surface area contributed by atoms with Gasteiger partial charge in [-0.05, 0) is 25.0 Å². The third-order valence-corrected chi connectivity index (χ3v) is 3.44. The van der Waals surface area contributed by atoms with Gasteiger partial charge in [-0.3, -0.25) is 9.59 Å². The summed E-state index contributed by atoms with van der Waals surface area (Å²) in [5, 5.41) is 2.40. The molecular formula is C16H19F3N2O4. The second kappa shape index (κ2) is 8.70. The van der Waals surface area contributed by atoms with E-state index in [0.717, 1.165) is 25.9 Å². The van der Waals surface area contributed by atoms with Crippen molar-refractivity contribution in [1.29, 1.82) is 0 Å². The first kappa shape index (κ1) is 19.0. The average Bonchev–Trinajstić information content (AvgIpc) is 3.06. The van der Waals surface area contributed by atoms with Crippen LogP contribution in [-0.4, -0.2) is 55.8 Å². The molecule has 1 saturated heterocycles. The fourth-order valence-electron chi connectivity index (χ4n) is 2.32. The Hall–Kier alpha value is -2.29. The molecule has 0 aromatic heterocycles. The van der Waals surface area contributed by atoms with E-state index >= 15 is 0 Å². The van der Waals surface area contributed by atoms with E-state index in [4.69, 9.17) is 4.74 Å². The number of likely N-dealkylation sites (tertiary alicyclic amines) is 1. The van der Waals surface area contributed by atoms with E-state index in [1.807, 2.05) is 0 Å². The van der Waals surface area contributed by atoms with Crippen LogP contribution in [0.2, 0.25) is 0 Å². The van der Waals surface area contributed by atoms with E-state index in [1.54, 1.807) is 23.1 Å². The van der Waals surface area contributed by atoms with Gasteiger partial charge in [-0.2, -0.15) is 13.2 Å². The summed E-state index contributed by atoms with van der Waals surface area (Å²) in [4.78, 5) is 25.2. The molecule has 2 rings (SSSR count). The highest BCUT2D eigenvalue weighted by Gasteiger charge is 2.27. The molecule has 0 aliphatic carbocycles. The summed E-state index contributed by atoms with van der Waals surface area (Å²) in [6.45, 7) is -0.835. The van der Waals surface area contributed by atoms with Crippen molar-refractivity contribution in [2.75, 3.05) is 38.2 Å². The van der Waals surface area contributed by atoms with Crippen molar-refractivity contribution in [3.05, 3.63) is 24.3 Å². The molecule has 1 fully saturated rings. The van der Waals surface area contributed by atoms with Gasteiger partial charge < -0.3 is 19.7 Å². The van der Waals surface area contributed by atoms with Gasteiger partial charge in [0.05, 0.1) is 0 Å². The smallest absolute Gasteiger partial charge is 0.411 e. The monoisotopic (exact) mass is 360 g/mol. The lowest BCUT2D eigenvalue weighted by atomic mass is 10.3. The molecule has 1 aliphatic heterocycles. The number of halogens is 3. The van der Waals surface area contributed by atoms with Crippen molar-refractivity contribution in [3.63, 3.8) is 0 Å². The van der Waals surface area contributed by atoms with E-state index in [-0.39, 0.29) is 12.5 Å². The Kier molecular flexibility index (Phi) is 6.63. The zero-order valence-electron chi connectivity index (χ0n) is 13.5. The van der Waals surface area contributed by atoms with Crippen LogP contribution in [0.3, 0.4) is 0 Å². The van der Waals surface area contributed by atoms with E-state index < -0.39 is 25.3 Å². The fourth-order valence-corrected chi connectivity index (χ4v) is 2.32. The Labute approximate surface area is 142 Å². The zero-order valence-corrected chi connectivity index (χ0v) is 13.5. The van der Waals surface area contributed by atoms with E-state index in [1.165, 1.54) is 6.07 Å². The molecule has 0 atom stereocenters. The van der Waals surface area contributed by atoms with Crippen molar-refractivity contribution >= 4 is 17.5 Å². The molecule has 0 saturated carbocycles. The summed E-state index contributed by atoms with van der Waals surface area (Å²) in [7, 11) is 0. The lowest BCUT2D eigenvalue weighted by Crippen LogP contribution is -2.32. The highest BCUT2D eigenvalue weighted by molar-refractivity contribution is 5.91. The van der Waals surface area contributed by atoms with Crippen LogP contribution in [0.5, 0.6) is 5.75 Å². The molecule has 2 amide bonds. The van der Waals surface area contributed by atoms with Gasteiger partial charge in [-0.15, -0.1) is 0 Å². The predicted octanol–water partition coefficient (Wildman–Crippen LogP) is 2.21. The lowest BCUT2D eigenvalue weighted by molar-refractivity contribution is -0.174. The molecule has 0 radical (unpaired) electrons. The van der Waals surface area contributed by atoms with Crippen LogP contribution in [0, 0.1) is 0 Å². The number of hydrogen-bond donors (Lipinski definition) is 1. The first-order valence-corrected chi connectivity index (χ1v) is 7.78. The number of carbonyl (C=O) groups excluding carboxylic acids is 2. The van der Waals surface area contributed by atoms with Crippen LogP contribution in [-0.2, 0) is 14.3 Å². The van der Waals surface area contributed by atoms with E-state index in [0.29, 0.717) is 11.4 Å². The molecule has 1 aliphatic rings. The quantitative estimate of drug-likeness (QED) is 0.810. The van der Waals surface area contributed by atoms with Crippen LogP contribution in [0.4, 0.5) is 18.9 Å². The van der Waals surface area contributed by atoms with Crippen LogP contribution >= 0.6 is 0 Å². The van der Waals surface area contributed by atoms with Crippen molar-refractivity contribution in [1.82, 2.24) is 4.90 Å². The maximum atomic E-state index is 11.9. The maximum absolute atomic E-state index is 11.9. The molecule has 1 N–H and O–H groups in total. The van der Waals surface area contributed by atoms with Crippen LogP contribution in [0.25, 0.3) is 0 Å². The summed E-state index contributed by atoms with van der Waals surface area (Å²) < 4.78 is 45.5. The number of nitrogens with one attached hydrogen (secondary N) is 1. The SMILES string of the molecule is O=C(COCC(F)(F)F)Nc1cccc(OCC(=O)N2CCCC2)c1. The standard InChI is InChI=1S/C16H19F3N2O4/c17-16(18,19)11-24-9-14(22)20-12-4-3-5-13(8-12)25-10-15(23)21-6-1-2-7-21/h3-5,8H,1-2,6-7,9-11H2,(H,20,22). The summed E-state index contributed by atoms with van der Waals surface area (Å²) in [5.41, 5.74) is 0.340. The molecule has 1 aromatic rings. The summed E-state index contributed by atoms with van der Waals surface area (Å²) >= 11 is 0.